The zero-order chi connectivity index (χ0) is 20.1. The predicted molar refractivity (Wildman–Crippen MR) is 107 cm³/mol. The minimum atomic E-state index is -0.477. The molecule has 2 bridgehead atoms. The van der Waals surface area contributed by atoms with Crippen LogP contribution in [0.25, 0.3) is 0 Å². The normalized spacial score (nSPS) is 26.9. The van der Waals surface area contributed by atoms with Crippen LogP contribution in [0.1, 0.15) is 22.3 Å². The lowest BCUT2D eigenvalue weighted by molar-refractivity contribution is -0.123. The highest BCUT2D eigenvalue weighted by Gasteiger charge is 2.59. The van der Waals surface area contributed by atoms with Gasteiger partial charge in [-0.1, -0.05) is 35.9 Å². The minimum Gasteiger partial charge on any atom is -0.457 e. The van der Waals surface area contributed by atoms with Gasteiger partial charge in [-0.2, -0.15) is 0 Å². The second kappa shape index (κ2) is 6.85. The largest absolute Gasteiger partial charge is 0.457 e. The summed E-state index contributed by atoms with van der Waals surface area (Å²) in [5, 5.41) is 0.580. The molecular weight excluding hydrogens is 390 g/mol. The Balaban J connectivity index is 1.29. The second-order valence-electron chi connectivity index (χ2n) is 7.76. The summed E-state index contributed by atoms with van der Waals surface area (Å²) in [5.74, 6) is -0.866. The molecule has 1 saturated carbocycles. The van der Waals surface area contributed by atoms with Crippen LogP contribution in [0.3, 0.4) is 0 Å². The molecule has 2 amide bonds. The quantitative estimate of drug-likeness (QED) is 0.436. The van der Waals surface area contributed by atoms with E-state index < -0.39 is 5.97 Å². The Morgan fingerprint density at radius 2 is 1.66 bits per heavy atom. The van der Waals surface area contributed by atoms with Gasteiger partial charge in [0.1, 0.15) is 6.61 Å². The lowest BCUT2D eigenvalue weighted by Crippen LogP contribution is -2.32. The number of imide groups is 1. The molecule has 29 heavy (non-hydrogen) atoms. The van der Waals surface area contributed by atoms with Crippen molar-refractivity contribution in [1.29, 1.82) is 0 Å². The monoisotopic (exact) mass is 407 g/mol. The highest BCUT2D eigenvalue weighted by molar-refractivity contribution is 6.30. The summed E-state index contributed by atoms with van der Waals surface area (Å²) in [4.78, 5) is 39.3. The van der Waals surface area contributed by atoms with Gasteiger partial charge in [-0.3, -0.25) is 14.5 Å². The van der Waals surface area contributed by atoms with Gasteiger partial charge in [0.15, 0.2) is 0 Å². The van der Waals surface area contributed by atoms with Crippen molar-refractivity contribution >= 4 is 35.1 Å². The third kappa shape index (κ3) is 2.97. The fourth-order valence-electron chi connectivity index (χ4n) is 4.76. The number of anilines is 1. The molecule has 2 aromatic rings. The molecule has 6 heteroatoms. The number of amides is 2. The van der Waals surface area contributed by atoms with E-state index in [1.807, 2.05) is 6.07 Å². The number of hydrogen-bond donors (Lipinski definition) is 0. The molecule has 0 spiro atoms. The summed E-state index contributed by atoms with van der Waals surface area (Å²) in [5.41, 5.74) is 1.66. The summed E-state index contributed by atoms with van der Waals surface area (Å²) >= 11 is 5.93. The molecule has 2 aliphatic carbocycles. The Morgan fingerprint density at radius 3 is 2.28 bits per heavy atom. The standard InChI is InChI=1S/C23H18ClNO4/c24-17-3-1-2-13(10-17)12-29-23(28)14-6-8-18(9-7-14)25-21(26)19-15-4-5-16(11-15)20(19)22(25)27/h1-10,15-16,19-20H,11-12H2/t15-,16+,19-,20+. The molecule has 1 heterocycles. The molecule has 5 rings (SSSR count). The van der Waals surface area contributed by atoms with Crippen molar-refractivity contribution in [2.75, 3.05) is 4.90 Å². The zero-order valence-corrected chi connectivity index (χ0v) is 16.2. The molecule has 2 fully saturated rings. The van der Waals surface area contributed by atoms with E-state index in [0.29, 0.717) is 16.3 Å². The maximum Gasteiger partial charge on any atom is 0.338 e. The third-order valence-electron chi connectivity index (χ3n) is 6.09. The number of nitrogens with zero attached hydrogens (tertiary/aromatic N) is 1. The molecule has 0 unspecified atom stereocenters. The van der Waals surface area contributed by atoms with Crippen LogP contribution in [0.15, 0.2) is 60.7 Å². The van der Waals surface area contributed by atoms with E-state index in [1.165, 1.54) is 4.90 Å². The van der Waals surface area contributed by atoms with Gasteiger partial charge in [-0.25, -0.2) is 4.79 Å². The van der Waals surface area contributed by atoms with Crippen molar-refractivity contribution < 1.29 is 19.1 Å². The first-order valence-corrected chi connectivity index (χ1v) is 9.98. The number of benzene rings is 2. The lowest BCUT2D eigenvalue weighted by Gasteiger charge is -2.17. The first-order valence-electron chi connectivity index (χ1n) is 9.61. The van der Waals surface area contributed by atoms with Gasteiger partial charge in [0.05, 0.1) is 23.1 Å². The van der Waals surface area contributed by atoms with Crippen LogP contribution in [0.5, 0.6) is 0 Å². The average Bonchev–Trinajstić information content (AvgIpc) is 3.40. The Hall–Kier alpha value is -2.92. The molecule has 5 nitrogen and oxygen atoms in total. The molecule has 0 aromatic heterocycles. The first-order chi connectivity index (χ1) is 14.0. The van der Waals surface area contributed by atoms with Crippen LogP contribution in [-0.4, -0.2) is 17.8 Å². The lowest BCUT2D eigenvalue weighted by atomic mass is 9.85. The summed E-state index contributed by atoms with van der Waals surface area (Å²) < 4.78 is 5.32. The predicted octanol–water partition coefficient (Wildman–Crippen LogP) is 4.01. The van der Waals surface area contributed by atoms with E-state index in [1.54, 1.807) is 42.5 Å². The molecular formula is C23H18ClNO4. The van der Waals surface area contributed by atoms with E-state index in [0.717, 1.165) is 12.0 Å². The van der Waals surface area contributed by atoms with Crippen molar-refractivity contribution in [2.24, 2.45) is 23.7 Å². The maximum atomic E-state index is 12.9. The summed E-state index contributed by atoms with van der Waals surface area (Å²) in [6.07, 6.45) is 5.04. The minimum absolute atomic E-state index is 0.114. The number of halogens is 1. The number of fused-ring (bicyclic) bond motifs is 5. The average molecular weight is 408 g/mol. The maximum absolute atomic E-state index is 12.9. The van der Waals surface area contributed by atoms with E-state index >= 15 is 0 Å². The van der Waals surface area contributed by atoms with Crippen LogP contribution in [-0.2, 0) is 20.9 Å². The topological polar surface area (TPSA) is 63.7 Å². The Labute approximate surface area is 172 Å². The van der Waals surface area contributed by atoms with Gasteiger partial charge in [0, 0.05) is 5.02 Å². The number of esters is 1. The van der Waals surface area contributed by atoms with Crippen molar-refractivity contribution in [3.63, 3.8) is 0 Å². The Bertz CT molecular complexity index is 1020. The molecule has 0 radical (unpaired) electrons. The number of hydrogen-bond acceptors (Lipinski definition) is 4. The summed E-state index contributed by atoms with van der Waals surface area (Å²) in [6, 6.07) is 13.5. The van der Waals surface area contributed by atoms with Gasteiger partial charge >= 0.3 is 5.97 Å². The van der Waals surface area contributed by atoms with Crippen LogP contribution in [0, 0.1) is 23.7 Å². The number of carbonyl (C=O) groups is 3. The molecule has 2 aromatic carbocycles. The van der Waals surface area contributed by atoms with E-state index in [9.17, 15) is 14.4 Å². The van der Waals surface area contributed by atoms with Crippen LogP contribution in [0.4, 0.5) is 5.69 Å². The van der Waals surface area contributed by atoms with Crippen LogP contribution >= 0.6 is 11.6 Å². The van der Waals surface area contributed by atoms with E-state index in [-0.39, 0.29) is 42.1 Å². The smallest absolute Gasteiger partial charge is 0.338 e. The number of rotatable bonds is 4. The van der Waals surface area contributed by atoms with Gasteiger partial charge in [-0.05, 0) is 60.2 Å². The fraction of sp³-hybridized carbons (Fsp3) is 0.261. The SMILES string of the molecule is O=C(OCc1cccc(Cl)c1)c1ccc(N2C(=O)[C@@H]3[C@H](C2=O)[C@@H]2C=C[C@H]3C2)cc1. The van der Waals surface area contributed by atoms with Crippen molar-refractivity contribution in [2.45, 2.75) is 13.0 Å². The van der Waals surface area contributed by atoms with Crippen molar-refractivity contribution in [3.05, 3.63) is 76.8 Å². The molecule has 3 aliphatic rings. The summed E-state index contributed by atoms with van der Waals surface area (Å²) in [6.45, 7) is 0.114. The third-order valence-corrected chi connectivity index (χ3v) is 6.33. The van der Waals surface area contributed by atoms with Crippen LogP contribution < -0.4 is 4.90 Å². The van der Waals surface area contributed by atoms with Gasteiger partial charge < -0.3 is 4.74 Å². The van der Waals surface area contributed by atoms with Gasteiger partial charge in [0.25, 0.3) is 0 Å². The van der Waals surface area contributed by atoms with Crippen molar-refractivity contribution in [3.8, 4) is 0 Å². The molecule has 4 atom stereocenters. The molecule has 146 valence electrons. The number of ether oxygens (including phenoxy) is 1. The number of carbonyl (C=O) groups excluding carboxylic acids is 3. The van der Waals surface area contributed by atoms with Crippen LogP contribution in [0.2, 0.25) is 5.02 Å². The Morgan fingerprint density at radius 1 is 1.00 bits per heavy atom. The van der Waals surface area contributed by atoms with E-state index in [4.69, 9.17) is 16.3 Å². The molecule has 0 N–H and O–H groups in total. The van der Waals surface area contributed by atoms with Crippen molar-refractivity contribution in [1.82, 2.24) is 0 Å². The first kappa shape index (κ1) is 18.1. The highest BCUT2D eigenvalue weighted by atomic mass is 35.5. The molecule has 1 aliphatic heterocycles. The Kier molecular flexibility index (Phi) is 4.28. The molecule has 1 saturated heterocycles. The summed E-state index contributed by atoms with van der Waals surface area (Å²) in [7, 11) is 0. The fourth-order valence-corrected chi connectivity index (χ4v) is 4.98. The zero-order valence-electron chi connectivity index (χ0n) is 15.5. The second-order valence-corrected chi connectivity index (χ2v) is 8.20. The van der Waals surface area contributed by atoms with Gasteiger partial charge in [0.2, 0.25) is 11.8 Å². The van der Waals surface area contributed by atoms with Gasteiger partial charge in [-0.15, -0.1) is 0 Å². The van der Waals surface area contributed by atoms with E-state index in [2.05, 4.69) is 12.2 Å². The highest BCUT2D eigenvalue weighted by Crippen LogP contribution is 2.53. The number of allylic oxidation sites excluding steroid dienone is 2.